The van der Waals surface area contributed by atoms with Crippen molar-refractivity contribution in [2.45, 2.75) is 45.7 Å². The number of rotatable bonds is 4. The molecule has 2 aromatic heterocycles. The molecule has 1 aliphatic rings. The van der Waals surface area contributed by atoms with Crippen LogP contribution < -0.4 is 5.32 Å². The number of nitrogens with zero attached hydrogens (tertiary/aromatic N) is 4. The molecule has 1 aliphatic heterocycles. The monoisotopic (exact) mass is 377 g/mol. The Morgan fingerprint density at radius 1 is 1.25 bits per heavy atom. The number of amides is 2. The van der Waals surface area contributed by atoms with Crippen molar-refractivity contribution in [3.8, 4) is 0 Å². The number of aryl methyl sites for hydroxylation is 1. The maximum atomic E-state index is 12.6. The summed E-state index contributed by atoms with van der Waals surface area (Å²) in [4.78, 5) is 23.7. The van der Waals surface area contributed by atoms with E-state index in [1.165, 1.54) is 5.56 Å². The Balaban J connectivity index is 1.45. The van der Waals surface area contributed by atoms with Crippen LogP contribution in [0.4, 0.5) is 4.79 Å². The minimum absolute atomic E-state index is 0.00282. The predicted molar refractivity (Wildman–Crippen MR) is 110 cm³/mol. The molecule has 146 valence electrons. The van der Waals surface area contributed by atoms with Crippen molar-refractivity contribution in [2.24, 2.45) is 0 Å². The quantitative estimate of drug-likeness (QED) is 0.747. The first-order valence-electron chi connectivity index (χ1n) is 9.93. The van der Waals surface area contributed by atoms with Crippen LogP contribution in [0.5, 0.6) is 0 Å². The molecule has 4 rings (SSSR count). The minimum Gasteiger partial charge on any atom is -0.334 e. The fourth-order valence-corrected chi connectivity index (χ4v) is 3.94. The van der Waals surface area contributed by atoms with Gasteiger partial charge in [-0.05, 0) is 38.8 Å². The van der Waals surface area contributed by atoms with Gasteiger partial charge in [-0.2, -0.15) is 0 Å². The molecule has 28 heavy (non-hydrogen) atoms. The van der Waals surface area contributed by atoms with Gasteiger partial charge >= 0.3 is 6.03 Å². The zero-order valence-corrected chi connectivity index (χ0v) is 16.7. The second-order valence-corrected chi connectivity index (χ2v) is 7.87. The zero-order valence-electron chi connectivity index (χ0n) is 16.7. The van der Waals surface area contributed by atoms with E-state index in [1.54, 1.807) is 6.20 Å². The molecule has 0 unspecified atom stereocenters. The van der Waals surface area contributed by atoms with Crippen LogP contribution in [0.25, 0.3) is 11.0 Å². The van der Waals surface area contributed by atoms with Crippen molar-refractivity contribution in [3.63, 3.8) is 0 Å². The largest absolute Gasteiger partial charge is 0.334 e. The topological polar surface area (TPSA) is 63.1 Å². The van der Waals surface area contributed by atoms with Gasteiger partial charge in [0.05, 0.1) is 17.2 Å². The number of imidazole rings is 1. The molecule has 0 radical (unpaired) electrons. The highest BCUT2D eigenvalue weighted by molar-refractivity contribution is 5.76. The predicted octanol–water partition coefficient (Wildman–Crippen LogP) is 4.02. The van der Waals surface area contributed by atoms with Crippen LogP contribution in [0.15, 0.2) is 42.7 Å². The molecule has 1 N–H and O–H groups in total. The van der Waals surface area contributed by atoms with Crippen molar-refractivity contribution in [1.29, 1.82) is 0 Å². The van der Waals surface area contributed by atoms with Crippen LogP contribution >= 0.6 is 0 Å². The summed E-state index contributed by atoms with van der Waals surface area (Å²) in [6.45, 7) is 8.40. The van der Waals surface area contributed by atoms with Gasteiger partial charge in [-0.25, -0.2) is 9.78 Å². The van der Waals surface area contributed by atoms with Crippen LogP contribution in [-0.4, -0.2) is 38.6 Å². The van der Waals surface area contributed by atoms with Crippen molar-refractivity contribution in [3.05, 3.63) is 59.7 Å². The maximum absolute atomic E-state index is 12.6. The Hall–Kier alpha value is -2.89. The Bertz CT molecular complexity index is 976. The van der Waals surface area contributed by atoms with E-state index >= 15 is 0 Å². The van der Waals surface area contributed by atoms with Gasteiger partial charge in [0.2, 0.25) is 0 Å². The van der Waals surface area contributed by atoms with Crippen molar-refractivity contribution >= 4 is 17.1 Å². The molecular formula is C22H27N5O. The van der Waals surface area contributed by atoms with E-state index in [0.717, 1.165) is 35.4 Å². The van der Waals surface area contributed by atoms with Crippen molar-refractivity contribution < 1.29 is 4.79 Å². The molecule has 3 aromatic rings. The van der Waals surface area contributed by atoms with Crippen molar-refractivity contribution in [1.82, 2.24) is 24.8 Å². The highest BCUT2D eigenvalue weighted by Gasteiger charge is 2.31. The number of urea groups is 1. The molecule has 1 saturated heterocycles. The number of likely N-dealkylation sites (tertiary alicyclic amines) is 1. The molecule has 1 aromatic carbocycles. The van der Waals surface area contributed by atoms with Gasteiger partial charge in [0.1, 0.15) is 5.82 Å². The minimum atomic E-state index is -0.00282. The van der Waals surface area contributed by atoms with E-state index in [0.29, 0.717) is 19.1 Å². The molecule has 1 atom stereocenters. The molecule has 6 nitrogen and oxygen atoms in total. The standard InChI is InChI=1S/C22H27N5O/c1-15(2)27-20-13-23-10-8-19(20)25-21(27)18-9-11-26(14-18)22(28)24-12-17-6-4-16(3)5-7-17/h4-8,10,13,15,18H,9,11-12,14H2,1-3H3,(H,24,28)/t18-/m0/s1. The van der Waals surface area contributed by atoms with Gasteiger partial charge in [-0.3, -0.25) is 4.98 Å². The van der Waals surface area contributed by atoms with Crippen LogP contribution in [-0.2, 0) is 6.54 Å². The van der Waals surface area contributed by atoms with E-state index in [1.807, 2.05) is 17.2 Å². The van der Waals surface area contributed by atoms with E-state index in [2.05, 4.69) is 59.9 Å². The number of carbonyl (C=O) groups is 1. The SMILES string of the molecule is Cc1ccc(CNC(=O)N2CC[C@H](c3nc4ccncc4n3C(C)C)C2)cc1. The third kappa shape index (κ3) is 3.59. The Kier molecular flexibility index (Phi) is 5.03. The first-order valence-corrected chi connectivity index (χ1v) is 9.93. The normalized spacial score (nSPS) is 16.9. The second kappa shape index (κ2) is 7.62. The molecule has 3 heterocycles. The van der Waals surface area contributed by atoms with Gasteiger partial charge in [0.15, 0.2) is 0 Å². The molecule has 2 amide bonds. The molecule has 1 fully saturated rings. The summed E-state index contributed by atoms with van der Waals surface area (Å²) in [5, 5.41) is 3.05. The summed E-state index contributed by atoms with van der Waals surface area (Å²) in [6, 6.07) is 10.5. The van der Waals surface area contributed by atoms with E-state index in [4.69, 9.17) is 4.98 Å². The fourth-order valence-electron chi connectivity index (χ4n) is 3.94. The summed E-state index contributed by atoms with van der Waals surface area (Å²) < 4.78 is 2.26. The fraction of sp³-hybridized carbons (Fsp3) is 0.409. The van der Waals surface area contributed by atoms with Gasteiger partial charge < -0.3 is 14.8 Å². The van der Waals surface area contributed by atoms with Crippen LogP contribution in [0.3, 0.4) is 0 Å². The molecule has 0 aliphatic carbocycles. The number of benzene rings is 1. The number of pyridine rings is 1. The highest BCUT2D eigenvalue weighted by Crippen LogP contribution is 2.31. The van der Waals surface area contributed by atoms with Crippen molar-refractivity contribution in [2.75, 3.05) is 13.1 Å². The Morgan fingerprint density at radius 3 is 2.79 bits per heavy atom. The highest BCUT2D eigenvalue weighted by atomic mass is 16.2. The number of hydrogen-bond acceptors (Lipinski definition) is 3. The molecule has 0 spiro atoms. The molecule has 0 bridgehead atoms. The summed E-state index contributed by atoms with van der Waals surface area (Å²) in [5.41, 5.74) is 4.38. The van der Waals surface area contributed by atoms with E-state index in [9.17, 15) is 4.79 Å². The average molecular weight is 377 g/mol. The first kappa shape index (κ1) is 18.5. The van der Waals surface area contributed by atoms with Gasteiger partial charge in [0, 0.05) is 37.8 Å². The van der Waals surface area contributed by atoms with Gasteiger partial charge in [-0.15, -0.1) is 0 Å². The third-order valence-corrected chi connectivity index (χ3v) is 5.44. The summed E-state index contributed by atoms with van der Waals surface area (Å²) >= 11 is 0. The first-order chi connectivity index (χ1) is 13.5. The lowest BCUT2D eigenvalue weighted by molar-refractivity contribution is 0.207. The lowest BCUT2D eigenvalue weighted by atomic mass is 10.1. The summed E-state index contributed by atoms with van der Waals surface area (Å²) in [6.07, 6.45) is 4.59. The van der Waals surface area contributed by atoms with E-state index < -0.39 is 0 Å². The maximum Gasteiger partial charge on any atom is 0.317 e. The summed E-state index contributed by atoms with van der Waals surface area (Å²) in [7, 11) is 0. The van der Waals surface area contributed by atoms with Crippen LogP contribution in [0.1, 0.15) is 49.2 Å². The lowest BCUT2D eigenvalue weighted by Gasteiger charge is -2.19. The Labute approximate surface area is 165 Å². The van der Waals surface area contributed by atoms with Crippen LogP contribution in [0.2, 0.25) is 0 Å². The third-order valence-electron chi connectivity index (χ3n) is 5.44. The van der Waals surface area contributed by atoms with Crippen LogP contribution in [0, 0.1) is 6.92 Å². The molecule has 6 heteroatoms. The average Bonchev–Trinajstić information content (AvgIpc) is 3.32. The number of nitrogens with one attached hydrogen (secondary N) is 1. The van der Waals surface area contributed by atoms with Gasteiger partial charge in [0.25, 0.3) is 0 Å². The molecular weight excluding hydrogens is 350 g/mol. The van der Waals surface area contributed by atoms with E-state index in [-0.39, 0.29) is 11.9 Å². The summed E-state index contributed by atoms with van der Waals surface area (Å²) in [5.74, 6) is 1.31. The smallest absolute Gasteiger partial charge is 0.317 e. The number of aromatic nitrogens is 3. The van der Waals surface area contributed by atoms with Gasteiger partial charge in [-0.1, -0.05) is 29.8 Å². The molecule has 0 saturated carbocycles. The number of carbonyl (C=O) groups excluding carboxylic acids is 1. The Morgan fingerprint density at radius 2 is 2.04 bits per heavy atom. The number of fused-ring (bicyclic) bond motifs is 1. The zero-order chi connectivity index (χ0) is 19.7. The lowest BCUT2D eigenvalue weighted by Crippen LogP contribution is -2.38. The second-order valence-electron chi connectivity index (χ2n) is 7.87. The number of hydrogen-bond donors (Lipinski definition) is 1.